The zero-order chi connectivity index (χ0) is 19.5. The lowest BCUT2D eigenvalue weighted by Gasteiger charge is -2.11. The summed E-state index contributed by atoms with van der Waals surface area (Å²) >= 11 is 1.77. The minimum Gasteiger partial charge on any atom is -0.472 e. The molecule has 0 spiro atoms. The van der Waals surface area contributed by atoms with Crippen molar-refractivity contribution in [3.05, 3.63) is 97.1 Å². The molecule has 5 rings (SSSR count). The van der Waals surface area contributed by atoms with Crippen molar-refractivity contribution < 1.29 is 9.05 Å². The molecule has 1 heterocycles. The molecule has 5 heteroatoms. The summed E-state index contributed by atoms with van der Waals surface area (Å²) < 4.78 is 14.9. The van der Waals surface area contributed by atoms with Crippen molar-refractivity contribution in [2.24, 2.45) is 0 Å². The lowest BCUT2D eigenvalue weighted by Crippen LogP contribution is -1.96. The zero-order valence-corrected chi connectivity index (χ0v) is 18.3. The van der Waals surface area contributed by atoms with Gasteiger partial charge in [0, 0.05) is 32.1 Å². The predicted octanol–water partition coefficient (Wildman–Crippen LogP) is 6.65. The lowest BCUT2D eigenvalue weighted by molar-refractivity contribution is 0.616. The molecule has 1 aromatic heterocycles. The van der Waals surface area contributed by atoms with E-state index < -0.39 is 0 Å². The maximum Gasteiger partial charge on any atom is 0.144 e. The number of hydrogen-bond acceptors (Lipinski definition) is 3. The van der Waals surface area contributed by atoms with Crippen LogP contribution in [0.15, 0.2) is 97.1 Å². The lowest BCUT2D eigenvalue weighted by atomic mass is 10.1. The van der Waals surface area contributed by atoms with Crippen LogP contribution < -0.4 is 19.7 Å². The first-order chi connectivity index (χ1) is 14.4. The molecule has 0 N–H and O–H groups in total. The third-order valence-corrected chi connectivity index (χ3v) is 7.53. The van der Waals surface area contributed by atoms with Crippen LogP contribution in [0.1, 0.15) is 0 Å². The fourth-order valence-electron chi connectivity index (χ4n) is 3.15. The summed E-state index contributed by atoms with van der Waals surface area (Å²) in [6.45, 7) is 0. The van der Waals surface area contributed by atoms with Gasteiger partial charge in [-0.05, 0) is 12.1 Å². The molecular weight excluding hydrogens is 414 g/mol. The fraction of sp³-hybridized carbons (Fsp3) is 0. The van der Waals surface area contributed by atoms with Crippen LogP contribution in [0.5, 0.6) is 11.5 Å². The first-order valence-corrected chi connectivity index (χ1v) is 11.9. The molecule has 4 aromatic carbocycles. The van der Waals surface area contributed by atoms with Gasteiger partial charge < -0.3 is 9.05 Å². The number of benzene rings is 4. The molecule has 0 saturated heterocycles. The maximum absolute atomic E-state index is 6.29. The second-order valence-corrected chi connectivity index (χ2v) is 9.56. The third kappa shape index (κ3) is 4.14. The van der Waals surface area contributed by atoms with E-state index in [1.165, 1.54) is 30.8 Å². The van der Waals surface area contributed by atoms with E-state index >= 15 is 0 Å². The molecule has 0 bridgehead atoms. The van der Waals surface area contributed by atoms with E-state index in [2.05, 4.69) is 54.6 Å². The second-order valence-electron chi connectivity index (χ2n) is 6.54. The van der Waals surface area contributed by atoms with Crippen molar-refractivity contribution in [1.82, 2.24) is 0 Å². The van der Waals surface area contributed by atoms with Crippen molar-refractivity contribution in [2.45, 2.75) is 0 Å². The quantitative estimate of drug-likeness (QED) is 0.280. The van der Waals surface area contributed by atoms with E-state index in [1.807, 2.05) is 42.5 Å². The Hall–Kier alpha value is -2.44. The largest absolute Gasteiger partial charge is 0.472 e. The van der Waals surface area contributed by atoms with Gasteiger partial charge in [0.15, 0.2) is 0 Å². The Bertz CT molecular complexity index is 1250. The number of thiophene rings is 1. The van der Waals surface area contributed by atoms with Crippen molar-refractivity contribution in [2.75, 3.05) is 0 Å². The average Bonchev–Trinajstić information content (AvgIpc) is 3.16. The van der Waals surface area contributed by atoms with Crippen LogP contribution in [0.25, 0.3) is 20.2 Å². The van der Waals surface area contributed by atoms with Crippen molar-refractivity contribution in [1.29, 1.82) is 0 Å². The molecule has 2 unspecified atom stereocenters. The van der Waals surface area contributed by atoms with Gasteiger partial charge in [0.05, 0.1) is 4.70 Å². The average molecular weight is 432 g/mol. The van der Waals surface area contributed by atoms with Crippen molar-refractivity contribution >= 4 is 59.7 Å². The second kappa shape index (κ2) is 8.51. The highest BCUT2D eigenvalue weighted by Crippen LogP contribution is 2.44. The Kier molecular flexibility index (Phi) is 5.45. The Balaban J connectivity index is 1.52. The van der Waals surface area contributed by atoms with Crippen LogP contribution >= 0.6 is 29.0 Å². The molecule has 142 valence electrons. The summed E-state index contributed by atoms with van der Waals surface area (Å²) in [7, 11) is 0.518. The minimum atomic E-state index is 0.257. The third-order valence-electron chi connectivity index (χ3n) is 4.53. The van der Waals surface area contributed by atoms with Crippen LogP contribution in [0.4, 0.5) is 0 Å². The highest BCUT2D eigenvalue weighted by atomic mass is 32.1. The van der Waals surface area contributed by atoms with Crippen LogP contribution in [0, 0.1) is 0 Å². The molecule has 0 amide bonds. The molecule has 0 saturated carbocycles. The smallest absolute Gasteiger partial charge is 0.144 e. The molecule has 29 heavy (non-hydrogen) atoms. The summed E-state index contributed by atoms with van der Waals surface area (Å²) in [5.74, 6) is 1.73. The fourth-order valence-corrected chi connectivity index (χ4v) is 5.76. The topological polar surface area (TPSA) is 18.5 Å². The standard InChI is InChI=1S/C24H18O2P2S/c1-3-9-18(10-4-1)27-25-17-15-21-20-13-7-8-14-23(20)29-24(21)22(16-17)26-28-19-11-5-2-6-12-19/h1-16,27-28H. The van der Waals surface area contributed by atoms with E-state index in [9.17, 15) is 0 Å². The highest BCUT2D eigenvalue weighted by Gasteiger charge is 2.13. The number of hydrogen-bond donors (Lipinski definition) is 0. The van der Waals surface area contributed by atoms with Gasteiger partial charge in [-0.25, -0.2) is 0 Å². The van der Waals surface area contributed by atoms with Gasteiger partial charge in [0.25, 0.3) is 0 Å². The monoisotopic (exact) mass is 432 g/mol. The van der Waals surface area contributed by atoms with Gasteiger partial charge >= 0.3 is 0 Å². The molecule has 0 aliphatic rings. The zero-order valence-electron chi connectivity index (χ0n) is 15.5. The van der Waals surface area contributed by atoms with Crippen LogP contribution in [-0.2, 0) is 0 Å². The number of fused-ring (bicyclic) bond motifs is 3. The van der Waals surface area contributed by atoms with E-state index in [1.54, 1.807) is 11.3 Å². The van der Waals surface area contributed by atoms with E-state index in [4.69, 9.17) is 9.05 Å². The van der Waals surface area contributed by atoms with Crippen LogP contribution in [0.2, 0.25) is 0 Å². The molecule has 0 aliphatic carbocycles. The summed E-state index contributed by atoms with van der Waals surface area (Å²) in [6.07, 6.45) is 0. The summed E-state index contributed by atoms with van der Waals surface area (Å²) in [5, 5.41) is 4.79. The summed E-state index contributed by atoms with van der Waals surface area (Å²) in [4.78, 5) is 0. The van der Waals surface area contributed by atoms with E-state index in [0.29, 0.717) is 0 Å². The number of rotatable bonds is 6. The van der Waals surface area contributed by atoms with Gasteiger partial charge in [-0.15, -0.1) is 11.3 Å². The summed E-state index contributed by atoms with van der Waals surface area (Å²) in [6, 6.07) is 33.2. The van der Waals surface area contributed by atoms with Gasteiger partial charge in [0.2, 0.25) is 0 Å². The molecule has 0 fully saturated rings. The van der Waals surface area contributed by atoms with Gasteiger partial charge in [-0.2, -0.15) is 0 Å². The Morgan fingerprint density at radius 3 is 1.93 bits per heavy atom. The van der Waals surface area contributed by atoms with Gasteiger partial charge in [0.1, 0.15) is 29.1 Å². The van der Waals surface area contributed by atoms with Gasteiger partial charge in [-0.1, -0.05) is 78.9 Å². The predicted molar refractivity (Wildman–Crippen MR) is 129 cm³/mol. The minimum absolute atomic E-state index is 0.257. The Morgan fingerprint density at radius 2 is 1.21 bits per heavy atom. The van der Waals surface area contributed by atoms with Gasteiger partial charge in [-0.3, -0.25) is 0 Å². The van der Waals surface area contributed by atoms with Crippen molar-refractivity contribution in [3.8, 4) is 11.5 Å². The first-order valence-electron chi connectivity index (χ1n) is 9.28. The molecule has 0 aliphatic heterocycles. The van der Waals surface area contributed by atoms with E-state index in [0.717, 1.165) is 11.5 Å². The molecule has 0 radical (unpaired) electrons. The van der Waals surface area contributed by atoms with E-state index in [-0.39, 0.29) is 17.6 Å². The normalized spacial score (nSPS) is 11.9. The molecule has 5 aromatic rings. The highest BCUT2D eigenvalue weighted by molar-refractivity contribution is 7.42. The maximum atomic E-state index is 6.29. The van der Waals surface area contributed by atoms with Crippen LogP contribution in [-0.4, -0.2) is 0 Å². The Labute approximate surface area is 177 Å². The summed E-state index contributed by atoms with van der Waals surface area (Å²) in [5.41, 5.74) is 0. The SMILES string of the molecule is c1ccc(POc2cc(OPc3ccccc3)c3sc4ccccc4c3c2)cc1. The Morgan fingerprint density at radius 1 is 0.586 bits per heavy atom. The molecule has 2 nitrogen and oxygen atoms in total. The van der Waals surface area contributed by atoms with Crippen LogP contribution in [0.3, 0.4) is 0 Å². The molecular formula is C24H18O2P2S. The first kappa shape index (κ1) is 18.6. The molecule has 2 atom stereocenters. The van der Waals surface area contributed by atoms with Crippen molar-refractivity contribution in [3.63, 3.8) is 0 Å².